The zero-order valence-corrected chi connectivity index (χ0v) is 12.3. The lowest BCUT2D eigenvalue weighted by atomic mass is 9.88. The van der Waals surface area contributed by atoms with Crippen LogP contribution < -0.4 is 5.32 Å². The summed E-state index contributed by atoms with van der Waals surface area (Å²) in [6.07, 6.45) is 4.17. The van der Waals surface area contributed by atoms with Crippen molar-refractivity contribution >= 4 is 0 Å². The summed E-state index contributed by atoms with van der Waals surface area (Å²) < 4.78 is 5.81. The first-order chi connectivity index (χ1) is 8.04. The van der Waals surface area contributed by atoms with Crippen molar-refractivity contribution in [2.45, 2.75) is 64.6 Å². The zero-order valence-electron chi connectivity index (χ0n) is 12.3. The summed E-state index contributed by atoms with van der Waals surface area (Å²) in [4.78, 5) is 2.64. The summed E-state index contributed by atoms with van der Waals surface area (Å²) >= 11 is 0. The summed E-state index contributed by atoms with van der Waals surface area (Å²) in [5.74, 6) is 0. The Hall–Kier alpha value is -0.120. The van der Waals surface area contributed by atoms with Crippen LogP contribution in [0.25, 0.3) is 0 Å². The van der Waals surface area contributed by atoms with Crippen LogP contribution in [0, 0.1) is 0 Å². The topological polar surface area (TPSA) is 24.5 Å². The third-order valence-electron chi connectivity index (χ3n) is 4.24. The number of likely N-dealkylation sites (N-methyl/N-ethyl adjacent to an activating group) is 1. The molecule has 0 aromatic carbocycles. The number of hydrogen-bond acceptors (Lipinski definition) is 3. The van der Waals surface area contributed by atoms with Gasteiger partial charge in [0.2, 0.25) is 0 Å². The fourth-order valence-corrected chi connectivity index (χ4v) is 2.78. The summed E-state index contributed by atoms with van der Waals surface area (Å²) in [5.41, 5.74) is 0.222. The third-order valence-corrected chi connectivity index (χ3v) is 4.24. The molecule has 0 aliphatic carbocycles. The first kappa shape index (κ1) is 14.9. The van der Waals surface area contributed by atoms with Gasteiger partial charge in [-0.2, -0.15) is 0 Å². The maximum atomic E-state index is 5.81. The van der Waals surface area contributed by atoms with E-state index >= 15 is 0 Å². The van der Waals surface area contributed by atoms with Crippen LogP contribution in [0.5, 0.6) is 0 Å². The predicted octanol–water partition coefficient (Wildman–Crippen LogP) is 2.26. The Kier molecular flexibility index (Phi) is 5.90. The van der Waals surface area contributed by atoms with E-state index in [9.17, 15) is 0 Å². The second-order valence-electron chi connectivity index (χ2n) is 5.63. The Balaban J connectivity index is 2.66. The van der Waals surface area contributed by atoms with Crippen molar-refractivity contribution in [3.05, 3.63) is 0 Å². The zero-order chi connectivity index (χ0) is 12.9. The molecule has 1 heterocycles. The van der Waals surface area contributed by atoms with Crippen LogP contribution in [0.3, 0.4) is 0 Å². The molecule has 0 radical (unpaired) electrons. The van der Waals surface area contributed by atoms with Gasteiger partial charge in [-0.1, -0.05) is 6.92 Å². The molecular weight excluding hydrogens is 212 g/mol. The second-order valence-corrected chi connectivity index (χ2v) is 5.63. The Labute approximate surface area is 107 Å². The van der Waals surface area contributed by atoms with Crippen molar-refractivity contribution in [2.75, 3.05) is 26.7 Å². The summed E-state index contributed by atoms with van der Waals surface area (Å²) in [6.45, 7) is 12.2. The minimum absolute atomic E-state index is 0.222. The van der Waals surface area contributed by atoms with E-state index in [1.54, 1.807) is 0 Å². The van der Waals surface area contributed by atoms with Gasteiger partial charge in [-0.3, -0.25) is 4.90 Å². The molecule has 0 spiro atoms. The van der Waals surface area contributed by atoms with Crippen LogP contribution in [-0.2, 0) is 4.74 Å². The lowest BCUT2D eigenvalue weighted by Crippen LogP contribution is -2.59. The van der Waals surface area contributed by atoms with Gasteiger partial charge in [0.15, 0.2) is 0 Å². The van der Waals surface area contributed by atoms with Crippen LogP contribution in [0.4, 0.5) is 0 Å². The number of ether oxygens (including phenoxy) is 1. The van der Waals surface area contributed by atoms with E-state index < -0.39 is 0 Å². The molecule has 1 rings (SSSR count). The molecule has 1 fully saturated rings. The highest BCUT2D eigenvalue weighted by molar-refractivity contribution is 4.97. The monoisotopic (exact) mass is 242 g/mol. The van der Waals surface area contributed by atoms with Crippen molar-refractivity contribution in [1.29, 1.82) is 0 Å². The largest absolute Gasteiger partial charge is 0.377 e. The van der Waals surface area contributed by atoms with Crippen LogP contribution in [0.15, 0.2) is 0 Å². The maximum absolute atomic E-state index is 5.81. The van der Waals surface area contributed by atoms with E-state index in [1.807, 2.05) is 0 Å². The molecule has 0 saturated carbocycles. The average Bonchev–Trinajstić information content (AvgIpc) is 2.82. The molecule has 2 atom stereocenters. The van der Waals surface area contributed by atoms with Gasteiger partial charge >= 0.3 is 0 Å². The van der Waals surface area contributed by atoms with Gasteiger partial charge < -0.3 is 10.1 Å². The average molecular weight is 242 g/mol. The van der Waals surface area contributed by atoms with Crippen LogP contribution >= 0.6 is 0 Å². The molecule has 2 unspecified atom stereocenters. The Morgan fingerprint density at radius 3 is 2.29 bits per heavy atom. The highest BCUT2D eigenvalue weighted by Gasteiger charge is 2.38. The van der Waals surface area contributed by atoms with Crippen molar-refractivity contribution < 1.29 is 4.74 Å². The standard InChI is InChI=1S/C14H30N2O/c1-6-14(4,16-9-7-8-10-16)13(15-5)11-17-12(2)3/h12-13,15H,6-11H2,1-5H3. The molecule has 1 aliphatic heterocycles. The SMILES string of the molecule is CCC(C)(C(COC(C)C)NC)N1CCCC1. The molecule has 1 saturated heterocycles. The second kappa shape index (κ2) is 6.72. The van der Waals surface area contributed by atoms with Crippen molar-refractivity contribution in [1.82, 2.24) is 10.2 Å². The van der Waals surface area contributed by atoms with Crippen LogP contribution in [-0.4, -0.2) is 49.3 Å². The van der Waals surface area contributed by atoms with Crippen LogP contribution in [0.2, 0.25) is 0 Å². The van der Waals surface area contributed by atoms with E-state index in [-0.39, 0.29) is 5.54 Å². The number of nitrogens with one attached hydrogen (secondary N) is 1. The van der Waals surface area contributed by atoms with E-state index in [1.165, 1.54) is 32.4 Å². The fraction of sp³-hybridized carbons (Fsp3) is 1.00. The van der Waals surface area contributed by atoms with Gasteiger partial charge in [0, 0.05) is 11.6 Å². The molecule has 0 aromatic heterocycles. The lowest BCUT2D eigenvalue weighted by Gasteiger charge is -2.44. The van der Waals surface area contributed by atoms with Crippen LogP contribution in [0.1, 0.15) is 47.0 Å². The van der Waals surface area contributed by atoms with E-state index in [2.05, 4.69) is 45.0 Å². The minimum atomic E-state index is 0.222. The molecule has 102 valence electrons. The third kappa shape index (κ3) is 3.67. The highest BCUT2D eigenvalue weighted by Crippen LogP contribution is 2.28. The molecule has 3 heteroatoms. The Morgan fingerprint density at radius 1 is 1.29 bits per heavy atom. The molecule has 17 heavy (non-hydrogen) atoms. The smallest absolute Gasteiger partial charge is 0.0641 e. The van der Waals surface area contributed by atoms with E-state index in [4.69, 9.17) is 4.74 Å². The fourth-order valence-electron chi connectivity index (χ4n) is 2.78. The van der Waals surface area contributed by atoms with Gasteiger partial charge in [-0.05, 0) is 60.2 Å². The molecule has 0 bridgehead atoms. The van der Waals surface area contributed by atoms with Gasteiger partial charge in [0.25, 0.3) is 0 Å². The highest BCUT2D eigenvalue weighted by atomic mass is 16.5. The molecular formula is C14H30N2O. The summed E-state index contributed by atoms with van der Waals surface area (Å²) in [7, 11) is 2.05. The molecule has 0 aromatic rings. The van der Waals surface area contributed by atoms with Gasteiger partial charge in [-0.15, -0.1) is 0 Å². The van der Waals surface area contributed by atoms with Crippen molar-refractivity contribution in [2.24, 2.45) is 0 Å². The van der Waals surface area contributed by atoms with Gasteiger partial charge in [-0.25, -0.2) is 0 Å². The molecule has 3 nitrogen and oxygen atoms in total. The minimum Gasteiger partial charge on any atom is -0.377 e. The number of likely N-dealkylation sites (tertiary alicyclic amines) is 1. The molecule has 1 N–H and O–H groups in total. The Bertz CT molecular complexity index is 214. The number of hydrogen-bond donors (Lipinski definition) is 1. The predicted molar refractivity (Wildman–Crippen MR) is 73.4 cm³/mol. The molecule has 0 amide bonds. The Morgan fingerprint density at radius 2 is 1.88 bits per heavy atom. The van der Waals surface area contributed by atoms with Gasteiger partial charge in [0.05, 0.1) is 12.7 Å². The number of rotatable bonds is 7. The molecule has 1 aliphatic rings. The quantitative estimate of drug-likeness (QED) is 0.741. The van der Waals surface area contributed by atoms with Crippen molar-refractivity contribution in [3.8, 4) is 0 Å². The van der Waals surface area contributed by atoms with E-state index in [0.717, 1.165) is 6.61 Å². The van der Waals surface area contributed by atoms with Gasteiger partial charge in [0.1, 0.15) is 0 Å². The maximum Gasteiger partial charge on any atom is 0.0641 e. The summed E-state index contributed by atoms with van der Waals surface area (Å²) in [5, 5.41) is 3.46. The summed E-state index contributed by atoms with van der Waals surface area (Å²) in [6, 6.07) is 0.410. The van der Waals surface area contributed by atoms with Crippen molar-refractivity contribution in [3.63, 3.8) is 0 Å². The number of nitrogens with zero attached hydrogens (tertiary/aromatic N) is 1. The first-order valence-electron chi connectivity index (χ1n) is 7.08. The first-order valence-corrected chi connectivity index (χ1v) is 7.08. The normalized spacial score (nSPS) is 22.9. The lowest BCUT2D eigenvalue weighted by molar-refractivity contribution is 0.00487. The van der Waals surface area contributed by atoms with E-state index in [0.29, 0.717) is 12.1 Å².